The van der Waals surface area contributed by atoms with Crippen molar-refractivity contribution >= 4 is 11.9 Å². The molecule has 5 heteroatoms. The zero-order valence-corrected chi connectivity index (χ0v) is 13.9. The van der Waals surface area contributed by atoms with Gasteiger partial charge in [0.1, 0.15) is 0 Å². The number of urea groups is 1. The first kappa shape index (κ1) is 16.8. The molecular formula is C17H29N3O2. The number of carbonyl (C=O) groups excluding carboxylic acids is 2. The first-order chi connectivity index (χ1) is 10.6. The van der Waals surface area contributed by atoms with Crippen LogP contribution < -0.4 is 5.32 Å². The molecule has 3 amide bonds. The highest BCUT2D eigenvalue weighted by molar-refractivity contribution is 5.76. The summed E-state index contributed by atoms with van der Waals surface area (Å²) in [5, 5.41) is 2.95. The molecule has 5 nitrogen and oxygen atoms in total. The fourth-order valence-electron chi connectivity index (χ4n) is 3.23. The van der Waals surface area contributed by atoms with E-state index in [1.165, 1.54) is 18.4 Å². The second-order valence-electron chi connectivity index (χ2n) is 6.36. The van der Waals surface area contributed by atoms with Gasteiger partial charge < -0.3 is 15.1 Å². The van der Waals surface area contributed by atoms with Crippen molar-refractivity contribution in [2.45, 2.75) is 45.4 Å². The molecule has 1 saturated heterocycles. The van der Waals surface area contributed by atoms with Gasteiger partial charge in [-0.15, -0.1) is 0 Å². The number of fused-ring (bicyclic) bond motifs is 1. The standard InChI is InChI=1S/C17H29N3O2/c1-3-19(2)16(21)9-6-11-18-17(22)20-12-10-14-7-4-5-8-15(14)13-20/h8,14H,3-7,9-13H2,1-2H3,(H,18,22). The first-order valence-corrected chi connectivity index (χ1v) is 8.57. The third-order valence-electron chi connectivity index (χ3n) is 4.84. The molecule has 0 bridgehead atoms. The Balaban J connectivity index is 1.67. The van der Waals surface area contributed by atoms with E-state index in [9.17, 15) is 9.59 Å². The van der Waals surface area contributed by atoms with Gasteiger partial charge in [0, 0.05) is 39.6 Å². The maximum Gasteiger partial charge on any atom is 0.317 e. The molecule has 0 spiro atoms. The quantitative estimate of drug-likeness (QED) is 0.626. The lowest BCUT2D eigenvalue weighted by molar-refractivity contribution is -0.129. The normalized spacial score (nSPS) is 20.9. The average molecular weight is 307 g/mol. The van der Waals surface area contributed by atoms with E-state index in [1.54, 1.807) is 4.90 Å². The van der Waals surface area contributed by atoms with E-state index in [2.05, 4.69) is 11.4 Å². The van der Waals surface area contributed by atoms with Crippen LogP contribution in [-0.2, 0) is 4.79 Å². The molecule has 1 unspecified atom stereocenters. The highest BCUT2D eigenvalue weighted by Gasteiger charge is 2.27. The van der Waals surface area contributed by atoms with E-state index >= 15 is 0 Å². The van der Waals surface area contributed by atoms with Crippen LogP contribution in [0, 0.1) is 5.92 Å². The maximum atomic E-state index is 12.2. The Morgan fingerprint density at radius 3 is 3.00 bits per heavy atom. The molecule has 0 aromatic carbocycles. The number of allylic oxidation sites excluding steroid dienone is 1. The van der Waals surface area contributed by atoms with Crippen molar-refractivity contribution in [2.75, 3.05) is 33.2 Å². The lowest BCUT2D eigenvalue weighted by Gasteiger charge is -2.36. The van der Waals surface area contributed by atoms with Crippen molar-refractivity contribution < 1.29 is 9.59 Å². The number of nitrogens with one attached hydrogen (secondary N) is 1. The molecule has 1 N–H and O–H groups in total. The number of likely N-dealkylation sites (tertiary alicyclic amines) is 1. The van der Waals surface area contributed by atoms with Gasteiger partial charge in [0.2, 0.25) is 5.91 Å². The Morgan fingerprint density at radius 2 is 2.23 bits per heavy atom. The summed E-state index contributed by atoms with van der Waals surface area (Å²) < 4.78 is 0. The van der Waals surface area contributed by atoms with E-state index in [4.69, 9.17) is 0 Å². The van der Waals surface area contributed by atoms with Gasteiger partial charge in [0.25, 0.3) is 0 Å². The number of rotatable bonds is 5. The van der Waals surface area contributed by atoms with E-state index in [1.807, 2.05) is 18.9 Å². The Bertz CT molecular complexity index is 434. The highest BCUT2D eigenvalue weighted by atomic mass is 16.2. The third kappa shape index (κ3) is 4.49. The van der Waals surface area contributed by atoms with Gasteiger partial charge in [-0.25, -0.2) is 4.79 Å². The van der Waals surface area contributed by atoms with Crippen LogP contribution in [0.5, 0.6) is 0 Å². The second-order valence-corrected chi connectivity index (χ2v) is 6.36. The molecule has 0 aromatic heterocycles. The van der Waals surface area contributed by atoms with Gasteiger partial charge in [0.05, 0.1) is 0 Å². The Kier molecular flexibility index (Phi) is 6.28. The lowest BCUT2D eigenvalue weighted by atomic mass is 9.82. The molecule has 1 atom stereocenters. The van der Waals surface area contributed by atoms with Crippen molar-refractivity contribution in [3.63, 3.8) is 0 Å². The lowest BCUT2D eigenvalue weighted by Crippen LogP contribution is -2.46. The summed E-state index contributed by atoms with van der Waals surface area (Å²) >= 11 is 0. The SMILES string of the molecule is CCN(C)C(=O)CCCNC(=O)N1CCC2CCCC=C2C1. The minimum absolute atomic E-state index is 0.0150. The van der Waals surface area contributed by atoms with Crippen LogP contribution in [0.2, 0.25) is 0 Å². The molecule has 1 fully saturated rings. The maximum absolute atomic E-state index is 12.2. The topological polar surface area (TPSA) is 52.7 Å². The van der Waals surface area contributed by atoms with Crippen LogP contribution in [-0.4, -0.2) is 55.0 Å². The first-order valence-electron chi connectivity index (χ1n) is 8.57. The third-order valence-corrected chi connectivity index (χ3v) is 4.84. The molecular weight excluding hydrogens is 278 g/mol. The number of hydrogen-bond donors (Lipinski definition) is 1. The zero-order valence-electron chi connectivity index (χ0n) is 13.9. The van der Waals surface area contributed by atoms with Gasteiger partial charge in [-0.05, 0) is 44.9 Å². The van der Waals surface area contributed by atoms with Gasteiger partial charge >= 0.3 is 6.03 Å². The van der Waals surface area contributed by atoms with Gasteiger partial charge in [0.15, 0.2) is 0 Å². The van der Waals surface area contributed by atoms with Crippen molar-refractivity contribution in [1.82, 2.24) is 15.1 Å². The minimum atomic E-state index is 0.0150. The largest absolute Gasteiger partial charge is 0.346 e. The summed E-state index contributed by atoms with van der Waals surface area (Å²) in [6.07, 6.45) is 8.36. The molecule has 124 valence electrons. The van der Waals surface area contributed by atoms with Crippen molar-refractivity contribution in [1.29, 1.82) is 0 Å². The fraction of sp³-hybridized carbons (Fsp3) is 0.765. The van der Waals surface area contributed by atoms with Crippen molar-refractivity contribution in [3.8, 4) is 0 Å². The predicted molar refractivity (Wildman–Crippen MR) is 87.6 cm³/mol. The second kappa shape index (κ2) is 8.20. The fourth-order valence-corrected chi connectivity index (χ4v) is 3.23. The van der Waals surface area contributed by atoms with Gasteiger partial charge in [-0.2, -0.15) is 0 Å². The molecule has 2 aliphatic rings. The van der Waals surface area contributed by atoms with Crippen LogP contribution >= 0.6 is 0 Å². The van der Waals surface area contributed by atoms with Crippen LogP contribution in [0.3, 0.4) is 0 Å². The number of nitrogens with zero attached hydrogens (tertiary/aromatic N) is 2. The summed E-state index contributed by atoms with van der Waals surface area (Å²) in [6, 6.07) is 0.0150. The average Bonchev–Trinajstić information content (AvgIpc) is 2.57. The van der Waals surface area contributed by atoms with E-state index < -0.39 is 0 Å². The molecule has 0 radical (unpaired) electrons. The summed E-state index contributed by atoms with van der Waals surface area (Å²) in [6.45, 7) is 4.90. The van der Waals surface area contributed by atoms with Crippen LogP contribution in [0.25, 0.3) is 0 Å². The van der Waals surface area contributed by atoms with Crippen molar-refractivity contribution in [3.05, 3.63) is 11.6 Å². The zero-order chi connectivity index (χ0) is 15.9. The number of piperidine rings is 1. The van der Waals surface area contributed by atoms with Crippen LogP contribution in [0.1, 0.15) is 45.4 Å². The monoisotopic (exact) mass is 307 g/mol. The molecule has 0 saturated carbocycles. The molecule has 0 aromatic rings. The number of hydrogen-bond acceptors (Lipinski definition) is 2. The van der Waals surface area contributed by atoms with Gasteiger partial charge in [-0.1, -0.05) is 11.6 Å². The number of carbonyl (C=O) groups is 2. The van der Waals surface area contributed by atoms with Crippen LogP contribution in [0.4, 0.5) is 4.79 Å². The Hall–Kier alpha value is -1.52. The summed E-state index contributed by atoms with van der Waals surface area (Å²) in [5.74, 6) is 0.852. The molecule has 1 aliphatic carbocycles. The summed E-state index contributed by atoms with van der Waals surface area (Å²) in [7, 11) is 1.81. The minimum Gasteiger partial charge on any atom is -0.346 e. The number of amides is 3. The van der Waals surface area contributed by atoms with E-state index in [-0.39, 0.29) is 11.9 Å². The molecule has 2 rings (SSSR count). The summed E-state index contributed by atoms with van der Waals surface area (Å²) in [4.78, 5) is 27.5. The van der Waals surface area contributed by atoms with E-state index in [0.29, 0.717) is 25.3 Å². The Morgan fingerprint density at radius 1 is 1.41 bits per heavy atom. The van der Waals surface area contributed by atoms with Gasteiger partial charge in [-0.3, -0.25) is 4.79 Å². The summed E-state index contributed by atoms with van der Waals surface area (Å²) in [5.41, 5.74) is 1.45. The molecule has 1 aliphatic heterocycles. The van der Waals surface area contributed by atoms with Crippen molar-refractivity contribution in [2.24, 2.45) is 5.92 Å². The molecule has 1 heterocycles. The van der Waals surface area contributed by atoms with E-state index in [0.717, 1.165) is 32.5 Å². The molecule has 22 heavy (non-hydrogen) atoms. The smallest absolute Gasteiger partial charge is 0.317 e. The Labute approximate surface area is 133 Å². The van der Waals surface area contributed by atoms with Crippen LogP contribution in [0.15, 0.2) is 11.6 Å². The predicted octanol–water partition coefficient (Wildman–Crippen LogP) is 2.39. The highest BCUT2D eigenvalue weighted by Crippen LogP contribution is 2.31.